The van der Waals surface area contributed by atoms with E-state index in [4.69, 9.17) is 5.73 Å². The summed E-state index contributed by atoms with van der Waals surface area (Å²) in [7, 11) is 5.92. The Bertz CT molecular complexity index is 528. The molecule has 0 fully saturated rings. The summed E-state index contributed by atoms with van der Waals surface area (Å²) >= 11 is 0.823. The fourth-order valence-corrected chi connectivity index (χ4v) is 16.8. The SMILES string of the molecule is NC1=CS[As]=C1C1=[As]SC=C1C1=[As]SC=C1. The van der Waals surface area contributed by atoms with Crippen LogP contribution >= 0.6 is 30.1 Å². The average molecular weight is 449 g/mol. The Hall–Kier alpha value is 1.36. The second kappa shape index (κ2) is 5.55. The summed E-state index contributed by atoms with van der Waals surface area (Å²) in [5.41, 5.74) is 8.67. The van der Waals surface area contributed by atoms with Crippen LogP contribution in [0.2, 0.25) is 0 Å². The molecule has 0 spiro atoms. The average Bonchev–Trinajstić information content (AvgIpc) is 2.95. The Morgan fingerprint density at radius 3 is 2.44 bits per heavy atom. The molecule has 1 nitrogen and oxygen atoms in total. The molecule has 3 heterocycles. The molecule has 0 unspecified atom stereocenters. The van der Waals surface area contributed by atoms with Crippen molar-refractivity contribution < 1.29 is 0 Å². The van der Waals surface area contributed by atoms with Crippen LogP contribution in [0.25, 0.3) is 0 Å². The minimum absolute atomic E-state index is 0.240. The van der Waals surface area contributed by atoms with Crippen LogP contribution in [0.15, 0.2) is 33.6 Å². The van der Waals surface area contributed by atoms with Crippen molar-refractivity contribution in [2.24, 2.45) is 5.73 Å². The van der Waals surface area contributed by atoms with Gasteiger partial charge >= 0.3 is 125 Å². The zero-order valence-electron chi connectivity index (χ0n) is 7.95. The predicted molar refractivity (Wildman–Crippen MR) is 84.5 cm³/mol. The Morgan fingerprint density at radius 2 is 1.75 bits per heavy atom. The van der Waals surface area contributed by atoms with Gasteiger partial charge < -0.3 is 0 Å². The van der Waals surface area contributed by atoms with E-state index >= 15 is 0 Å². The number of hydrogen-bond acceptors (Lipinski definition) is 4. The molecule has 0 aromatic rings. The number of allylic oxidation sites excluding steroid dienone is 3. The van der Waals surface area contributed by atoms with Crippen LogP contribution in [-0.4, -0.2) is 55.4 Å². The second-order valence-corrected chi connectivity index (χ2v) is 15.3. The fraction of sp³-hybridized carbons (Fsp3) is 0. The maximum atomic E-state index is 6.08. The normalized spacial score (nSPS) is 25.9. The fourth-order valence-electron chi connectivity index (χ4n) is 1.37. The Labute approximate surface area is 123 Å². The van der Waals surface area contributed by atoms with E-state index in [0.29, 0.717) is 14.2 Å². The third-order valence-corrected chi connectivity index (χ3v) is 15.2. The molecule has 0 bridgehead atoms. The molecule has 0 radical (unpaired) electrons. The molecule has 3 aliphatic heterocycles. The summed E-state index contributed by atoms with van der Waals surface area (Å²) in [6.07, 6.45) is 2.31. The molecule has 0 amide bonds. The number of hydrogen-bond donors (Lipinski definition) is 1. The third kappa shape index (κ3) is 2.39. The molecule has 0 saturated carbocycles. The molecule has 0 aromatic heterocycles. The van der Waals surface area contributed by atoms with Crippen molar-refractivity contribution in [3.63, 3.8) is 0 Å². The molecule has 0 aliphatic carbocycles. The van der Waals surface area contributed by atoms with E-state index < -0.39 is 0 Å². The Kier molecular flexibility index (Phi) is 4.30. The van der Waals surface area contributed by atoms with Crippen molar-refractivity contribution in [3.05, 3.63) is 33.6 Å². The first kappa shape index (κ1) is 12.4. The van der Waals surface area contributed by atoms with Gasteiger partial charge in [0, 0.05) is 0 Å². The van der Waals surface area contributed by atoms with Crippen molar-refractivity contribution in [1.29, 1.82) is 0 Å². The molecule has 7 heteroatoms. The first-order valence-corrected chi connectivity index (χ1v) is 16.6. The maximum absolute atomic E-state index is 6.08. The van der Waals surface area contributed by atoms with Gasteiger partial charge in [-0.05, 0) is 0 Å². The van der Waals surface area contributed by atoms with Gasteiger partial charge in [-0.3, -0.25) is 0 Å². The summed E-state index contributed by atoms with van der Waals surface area (Å²) in [5, 5.41) is 6.76. The molecule has 80 valence electrons. The van der Waals surface area contributed by atoms with Gasteiger partial charge in [0.05, 0.1) is 0 Å². The second-order valence-electron chi connectivity index (χ2n) is 3.08. The van der Waals surface area contributed by atoms with Gasteiger partial charge in [-0.25, -0.2) is 0 Å². The Balaban J connectivity index is 1.95. The third-order valence-electron chi connectivity index (χ3n) is 2.10. The van der Waals surface area contributed by atoms with Gasteiger partial charge in [0.15, 0.2) is 0 Å². The standard InChI is InChI=1S/C9H6As3NS3/c13-7-4-16-12-9(7)8-5(3-15-11-8)6-1-2-14-10-6/h1-4H,13H2. The van der Waals surface area contributed by atoms with Gasteiger partial charge in [0.25, 0.3) is 0 Å². The van der Waals surface area contributed by atoms with E-state index in [1.54, 1.807) is 8.61 Å². The van der Waals surface area contributed by atoms with E-state index in [1.807, 2.05) is 30.1 Å². The van der Waals surface area contributed by atoms with Crippen LogP contribution in [0, 0.1) is 0 Å². The molecule has 0 saturated heterocycles. The summed E-state index contributed by atoms with van der Waals surface area (Å²) in [6.45, 7) is 0. The van der Waals surface area contributed by atoms with Gasteiger partial charge in [-0.1, -0.05) is 0 Å². The van der Waals surface area contributed by atoms with E-state index in [2.05, 4.69) is 22.3 Å². The monoisotopic (exact) mass is 449 g/mol. The van der Waals surface area contributed by atoms with Crippen LogP contribution in [0.1, 0.15) is 0 Å². The number of nitrogens with two attached hydrogens (primary N) is 1. The molecular formula is C9H6As3NS3. The first-order chi connectivity index (χ1) is 7.86. The van der Waals surface area contributed by atoms with Crippen LogP contribution in [0.3, 0.4) is 0 Å². The summed E-state index contributed by atoms with van der Waals surface area (Å²) in [5.74, 6) is 0. The van der Waals surface area contributed by atoms with Gasteiger partial charge in [0.1, 0.15) is 0 Å². The van der Waals surface area contributed by atoms with Gasteiger partial charge in [-0.15, -0.1) is 0 Å². The zero-order chi connectivity index (χ0) is 11.0. The first-order valence-electron chi connectivity index (χ1n) is 4.41. The molecule has 0 atom stereocenters. The van der Waals surface area contributed by atoms with Gasteiger partial charge in [-0.2, -0.15) is 0 Å². The number of rotatable bonds is 2. The van der Waals surface area contributed by atoms with Crippen LogP contribution in [0.5, 0.6) is 0 Å². The minimum atomic E-state index is 0.240. The van der Waals surface area contributed by atoms with Crippen LogP contribution < -0.4 is 5.73 Å². The van der Waals surface area contributed by atoms with Crippen LogP contribution in [-0.2, 0) is 0 Å². The van der Waals surface area contributed by atoms with E-state index in [0.717, 1.165) is 5.70 Å². The zero-order valence-corrected chi connectivity index (χ0v) is 16.0. The molecular weight excluding hydrogens is 443 g/mol. The summed E-state index contributed by atoms with van der Waals surface area (Å²) < 4.78 is 4.73. The predicted octanol–water partition coefficient (Wildman–Crippen LogP) is 0.799. The molecule has 0 aromatic carbocycles. The molecule has 2 N–H and O–H groups in total. The quantitative estimate of drug-likeness (QED) is 0.632. The van der Waals surface area contributed by atoms with Crippen molar-refractivity contribution in [2.75, 3.05) is 0 Å². The summed E-state index contributed by atoms with van der Waals surface area (Å²) in [4.78, 5) is 0. The molecule has 3 aliphatic rings. The topological polar surface area (TPSA) is 26.0 Å². The van der Waals surface area contributed by atoms with Crippen molar-refractivity contribution in [1.82, 2.24) is 0 Å². The van der Waals surface area contributed by atoms with E-state index in [1.165, 1.54) is 9.88 Å². The van der Waals surface area contributed by atoms with E-state index in [9.17, 15) is 0 Å². The van der Waals surface area contributed by atoms with Crippen molar-refractivity contribution in [2.45, 2.75) is 0 Å². The van der Waals surface area contributed by atoms with Crippen LogP contribution in [0.4, 0.5) is 0 Å². The summed E-state index contributed by atoms with van der Waals surface area (Å²) in [6, 6.07) is 0. The van der Waals surface area contributed by atoms with Crippen molar-refractivity contribution >= 4 is 85.4 Å². The molecule has 16 heavy (non-hydrogen) atoms. The van der Waals surface area contributed by atoms with E-state index in [-0.39, 0.29) is 28.3 Å². The Morgan fingerprint density at radius 1 is 0.938 bits per heavy atom. The van der Waals surface area contributed by atoms with Crippen molar-refractivity contribution in [3.8, 4) is 0 Å². The van der Waals surface area contributed by atoms with Gasteiger partial charge in [0.2, 0.25) is 0 Å². The molecule has 3 rings (SSSR count).